The molecule has 2 aliphatic carbocycles. The van der Waals surface area contributed by atoms with Crippen LogP contribution in [0.3, 0.4) is 0 Å². The number of ketones is 2. The van der Waals surface area contributed by atoms with Gasteiger partial charge < -0.3 is 101 Å². The Morgan fingerprint density at radius 2 is 1.17 bits per heavy atom. The normalized spacial score (nSPS) is 19.8. The maximum Gasteiger partial charge on any atom is 0.223 e. The van der Waals surface area contributed by atoms with Crippen molar-refractivity contribution in [3.05, 3.63) is 51.6 Å². The van der Waals surface area contributed by atoms with Crippen molar-refractivity contribution in [2.45, 2.75) is 69.8 Å². The van der Waals surface area contributed by atoms with Gasteiger partial charge in [-0.05, 0) is 32.3 Å². The molecule has 6 atom stereocenters. The second kappa shape index (κ2) is 40.0. The monoisotopic (exact) mass is 1200 g/mol. The highest BCUT2D eigenvalue weighted by Crippen LogP contribution is 2.51. The largest absolute Gasteiger partial charge is 0.507 e. The van der Waals surface area contributed by atoms with E-state index in [1.54, 1.807) is 20.1 Å². The molecule has 0 bridgehead atoms. The Morgan fingerprint density at radius 1 is 0.643 bits per heavy atom. The zero-order valence-corrected chi connectivity index (χ0v) is 49.0. The smallest absolute Gasteiger partial charge is 0.223 e. The number of morpholine rings is 1. The average molecular weight is 1200 g/mol. The summed E-state index contributed by atoms with van der Waals surface area (Å²) in [6.45, 7) is 14.0. The van der Waals surface area contributed by atoms with Crippen molar-refractivity contribution in [2.24, 2.45) is 5.92 Å². The number of phenols is 2. The number of amides is 2. The maximum atomic E-state index is 14.1. The van der Waals surface area contributed by atoms with E-state index in [1.165, 1.54) is 19.2 Å². The fourth-order valence-electron chi connectivity index (χ4n) is 9.54. The van der Waals surface area contributed by atoms with Gasteiger partial charge in [0.25, 0.3) is 0 Å². The van der Waals surface area contributed by atoms with Crippen LogP contribution in [-0.2, 0) is 91.8 Å². The predicted molar refractivity (Wildman–Crippen MR) is 298 cm³/mol. The number of nitrogens with one attached hydrogen (secondary N) is 3. The number of benzene rings is 2. The Balaban J connectivity index is 0.770. The van der Waals surface area contributed by atoms with E-state index in [2.05, 4.69) is 16.0 Å². The fourth-order valence-corrected chi connectivity index (χ4v) is 9.54. The maximum absolute atomic E-state index is 14.1. The molecule has 4 aliphatic rings. The summed E-state index contributed by atoms with van der Waals surface area (Å²) < 4.78 is 95.0. The minimum absolute atomic E-state index is 0.0136. The standard InChI is InChI=1S/C58H89N3O23/c1-40(37-60-47(62)9-11-70-15-16-72-19-20-74-23-24-76-27-28-78-31-32-80-34-33-79-30-29-77-26-25-75-22-21-73-18-17-71-14-13-68-2)61-58(67)41-35-44-51(46(36-41)84-49-8-7-42(38-82-49)83-48-39-81-12-10-59-48)57(66)53-52(55(44)64)54(63)43-5-4-6-45(69-3)50(43)56(53)65/h4-6,40-42,46,48-49,59,64,66H,7-39H2,1-3H3,(H,60,62)(H,61,67)/t40?,41?,42-,46-,48?,49?/m0/s1. The lowest BCUT2D eigenvalue weighted by Crippen LogP contribution is -2.47. The first-order valence-corrected chi connectivity index (χ1v) is 29.1. The van der Waals surface area contributed by atoms with Crippen LogP contribution < -0.4 is 20.7 Å². The van der Waals surface area contributed by atoms with Crippen LogP contribution in [-0.4, -0.2) is 257 Å². The summed E-state index contributed by atoms with van der Waals surface area (Å²) in [6, 6.07) is 4.04. The second-order valence-electron chi connectivity index (χ2n) is 20.0. The van der Waals surface area contributed by atoms with E-state index in [1.807, 2.05) is 0 Å². The molecule has 26 heteroatoms. The van der Waals surface area contributed by atoms with Crippen LogP contribution in [0.25, 0.3) is 0 Å². The lowest BCUT2D eigenvalue weighted by molar-refractivity contribution is -0.229. The van der Waals surface area contributed by atoms with Crippen molar-refractivity contribution in [3.8, 4) is 17.2 Å². The van der Waals surface area contributed by atoms with Crippen molar-refractivity contribution < 1.29 is 110 Å². The summed E-state index contributed by atoms with van der Waals surface area (Å²) in [7, 11) is 3.00. The number of hydrogen-bond donors (Lipinski definition) is 5. The molecule has 474 valence electrons. The minimum atomic E-state index is -1.04. The summed E-state index contributed by atoms with van der Waals surface area (Å²) in [5.41, 5.74) is -0.519. The molecule has 2 aromatic rings. The molecule has 2 aliphatic heterocycles. The number of rotatable bonds is 45. The van der Waals surface area contributed by atoms with Gasteiger partial charge in [0, 0.05) is 61.7 Å². The van der Waals surface area contributed by atoms with Crippen molar-refractivity contribution in [3.63, 3.8) is 0 Å². The van der Waals surface area contributed by atoms with Gasteiger partial charge in [-0.15, -0.1) is 0 Å². The van der Waals surface area contributed by atoms with E-state index in [0.29, 0.717) is 171 Å². The summed E-state index contributed by atoms with van der Waals surface area (Å²) in [4.78, 5) is 54.9. The number of phenolic OH excluding ortho intramolecular Hbond substituents is 2. The van der Waals surface area contributed by atoms with E-state index < -0.39 is 53.3 Å². The van der Waals surface area contributed by atoms with Crippen LogP contribution in [0.1, 0.15) is 81.7 Å². The van der Waals surface area contributed by atoms with Gasteiger partial charge in [0.1, 0.15) is 23.5 Å². The highest BCUT2D eigenvalue weighted by molar-refractivity contribution is 6.31. The average Bonchev–Trinajstić information content (AvgIpc) is 0.812. The molecule has 2 saturated heterocycles. The Kier molecular flexibility index (Phi) is 32.6. The molecule has 4 unspecified atom stereocenters. The van der Waals surface area contributed by atoms with Crippen LogP contribution in [0, 0.1) is 5.92 Å². The first-order chi connectivity index (χ1) is 41.1. The van der Waals surface area contributed by atoms with Crippen molar-refractivity contribution >= 4 is 23.4 Å². The molecular weight excluding hydrogens is 1110 g/mol. The number of carbonyl (C=O) groups is 4. The Labute approximate surface area is 491 Å². The SMILES string of the molecule is COCCOCCOCCOCCOCCOCCOCCOCCOCCOCCOCCOCCC(=O)NCC(C)NC(=O)C1Cc2c(O)c3c(c(O)c2[C@@H](OC2CC[C@H](OC4COCCN4)CO2)C1)C(=O)c1c(OC)cccc1C3=O. The van der Waals surface area contributed by atoms with E-state index >= 15 is 0 Å². The molecule has 0 radical (unpaired) electrons. The number of fused-ring (bicyclic) bond motifs is 3. The van der Waals surface area contributed by atoms with Crippen molar-refractivity contribution in [1.82, 2.24) is 16.0 Å². The van der Waals surface area contributed by atoms with Gasteiger partial charge in [0.2, 0.25) is 17.6 Å². The predicted octanol–water partition coefficient (Wildman–Crippen LogP) is 1.81. The number of methoxy groups -OCH3 is 2. The number of hydrogen-bond acceptors (Lipinski definition) is 24. The third-order valence-electron chi connectivity index (χ3n) is 13.8. The van der Waals surface area contributed by atoms with Gasteiger partial charge in [-0.3, -0.25) is 24.5 Å². The van der Waals surface area contributed by atoms with E-state index in [0.717, 1.165) is 0 Å². The van der Waals surface area contributed by atoms with Gasteiger partial charge in [0.15, 0.2) is 12.1 Å². The molecule has 5 N–H and O–H groups in total. The number of carbonyl (C=O) groups excluding carboxylic acids is 4. The minimum Gasteiger partial charge on any atom is -0.507 e. The van der Waals surface area contributed by atoms with Crippen molar-refractivity contribution in [2.75, 3.05) is 199 Å². The molecule has 84 heavy (non-hydrogen) atoms. The molecule has 26 nitrogen and oxygen atoms in total. The highest BCUT2D eigenvalue weighted by Gasteiger charge is 2.45. The van der Waals surface area contributed by atoms with Crippen LogP contribution in [0.5, 0.6) is 17.2 Å². The van der Waals surface area contributed by atoms with Gasteiger partial charge in [-0.1, -0.05) is 12.1 Å². The molecular formula is C58H89N3O23. The summed E-state index contributed by atoms with van der Waals surface area (Å²) in [6.07, 6.45) is -1.30. The number of aromatic hydroxyl groups is 2. The Bertz CT molecular complexity index is 2250. The second-order valence-corrected chi connectivity index (χ2v) is 20.0. The van der Waals surface area contributed by atoms with Gasteiger partial charge in [-0.2, -0.15) is 0 Å². The van der Waals surface area contributed by atoms with Crippen LogP contribution in [0.2, 0.25) is 0 Å². The van der Waals surface area contributed by atoms with Crippen LogP contribution in [0.15, 0.2) is 18.2 Å². The molecule has 6 rings (SSSR count). The molecule has 0 spiro atoms. The molecule has 2 aromatic carbocycles. The summed E-state index contributed by atoms with van der Waals surface area (Å²) in [5, 5.41) is 32.9. The van der Waals surface area contributed by atoms with E-state index in [4.69, 9.17) is 80.5 Å². The first-order valence-electron chi connectivity index (χ1n) is 29.1. The van der Waals surface area contributed by atoms with Gasteiger partial charge in [-0.25, -0.2) is 0 Å². The topological polar surface area (TPSA) is 302 Å². The van der Waals surface area contributed by atoms with Crippen LogP contribution in [0.4, 0.5) is 0 Å². The Morgan fingerprint density at radius 3 is 1.65 bits per heavy atom. The Hall–Kier alpha value is -4.56. The third kappa shape index (κ3) is 23.3. The van der Waals surface area contributed by atoms with Crippen LogP contribution >= 0.6 is 0 Å². The zero-order chi connectivity index (χ0) is 59.6. The van der Waals surface area contributed by atoms with Gasteiger partial charge >= 0.3 is 0 Å². The van der Waals surface area contributed by atoms with E-state index in [9.17, 15) is 29.4 Å². The highest BCUT2D eigenvalue weighted by atomic mass is 16.7. The van der Waals surface area contributed by atoms with E-state index in [-0.39, 0.29) is 103 Å². The molecule has 2 heterocycles. The molecule has 2 amide bonds. The first kappa shape index (κ1) is 68.6. The lowest BCUT2D eigenvalue weighted by Gasteiger charge is -2.38. The lowest BCUT2D eigenvalue weighted by atomic mass is 9.74. The molecule has 2 fully saturated rings. The summed E-state index contributed by atoms with van der Waals surface area (Å²) >= 11 is 0. The molecule has 0 aromatic heterocycles. The number of ether oxygens (including phenoxy) is 17. The van der Waals surface area contributed by atoms with Crippen molar-refractivity contribution in [1.29, 1.82) is 0 Å². The zero-order valence-electron chi connectivity index (χ0n) is 49.0. The molecule has 0 saturated carbocycles. The third-order valence-corrected chi connectivity index (χ3v) is 13.8. The van der Waals surface area contributed by atoms with Gasteiger partial charge in [0.05, 0.1) is 208 Å². The quantitative estimate of drug-likeness (QED) is 0.0398. The summed E-state index contributed by atoms with van der Waals surface area (Å²) in [5.74, 6) is -3.75. The fraction of sp³-hybridized carbons (Fsp3) is 0.724.